The Morgan fingerprint density at radius 1 is 1.12 bits per heavy atom. The second-order valence-corrected chi connectivity index (χ2v) is 6.26. The van der Waals surface area contributed by atoms with Gasteiger partial charge >= 0.3 is 0 Å². The van der Waals surface area contributed by atoms with Crippen LogP contribution in [0.1, 0.15) is 58.4 Å². The molecule has 0 bridgehead atoms. The highest BCUT2D eigenvalue weighted by Crippen LogP contribution is 2.28. The van der Waals surface area contributed by atoms with E-state index in [2.05, 4.69) is 17.2 Å². The maximum Gasteiger partial charge on any atom is 0.262 e. The Balaban J connectivity index is 1.79. The van der Waals surface area contributed by atoms with Crippen molar-refractivity contribution in [3.63, 3.8) is 0 Å². The van der Waals surface area contributed by atoms with Gasteiger partial charge in [-0.05, 0) is 44.0 Å². The van der Waals surface area contributed by atoms with Crippen LogP contribution in [0.15, 0.2) is 18.2 Å². The van der Waals surface area contributed by atoms with Gasteiger partial charge in [0.25, 0.3) is 11.8 Å². The third-order valence-electron chi connectivity index (χ3n) is 4.43. The summed E-state index contributed by atoms with van der Waals surface area (Å²) in [5, 5.41) is 2.17. The topological polar surface area (TPSA) is 110 Å². The number of carbonyl (C=O) groups excluding carboxylic acids is 4. The molecule has 7 heteroatoms. The summed E-state index contributed by atoms with van der Waals surface area (Å²) in [6, 6.07) is 3.88. The van der Waals surface area contributed by atoms with E-state index in [0.29, 0.717) is 18.5 Å². The van der Waals surface area contributed by atoms with Crippen molar-refractivity contribution in [3.05, 3.63) is 34.9 Å². The van der Waals surface area contributed by atoms with Crippen LogP contribution in [0.3, 0.4) is 0 Å². The standard InChI is InChI=1S/C19H19N3O4/c20-10-4-2-1-3-5-12-6-7-13-14(11-12)19(26)22(18(13)25)15-8-9-16(23)21-17(15)24/h6-7,11,15H,1-2,4,8-10,20H2,(H,21,23,24). The van der Waals surface area contributed by atoms with Crippen molar-refractivity contribution >= 4 is 23.6 Å². The number of piperidine rings is 1. The number of nitrogens with zero attached hydrogens (tertiary/aromatic N) is 1. The second kappa shape index (κ2) is 7.50. The molecule has 26 heavy (non-hydrogen) atoms. The predicted molar refractivity (Wildman–Crippen MR) is 92.9 cm³/mol. The zero-order valence-electron chi connectivity index (χ0n) is 14.2. The first-order valence-electron chi connectivity index (χ1n) is 8.57. The lowest BCUT2D eigenvalue weighted by Gasteiger charge is -2.27. The highest BCUT2D eigenvalue weighted by Gasteiger charge is 2.44. The van der Waals surface area contributed by atoms with E-state index in [9.17, 15) is 19.2 Å². The van der Waals surface area contributed by atoms with Crippen molar-refractivity contribution in [2.45, 2.75) is 38.1 Å². The SMILES string of the molecule is NCCCCC#Cc1ccc2c(c1)C(=O)N(C1CCC(=O)NC1=O)C2=O. The second-order valence-electron chi connectivity index (χ2n) is 6.26. The maximum atomic E-state index is 12.7. The van der Waals surface area contributed by atoms with Gasteiger partial charge < -0.3 is 5.73 Å². The zero-order chi connectivity index (χ0) is 18.7. The van der Waals surface area contributed by atoms with Crippen LogP contribution < -0.4 is 11.1 Å². The fourth-order valence-electron chi connectivity index (χ4n) is 3.07. The number of fused-ring (bicyclic) bond motifs is 1. The van der Waals surface area contributed by atoms with Crippen molar-refractivity contribution in [3.8, 4) is 11.8 Å². The third kappa shape index (κ3) is 3.37. The van der Waals surface area contributed by atoms with Gasteiger partial charge in [-0.3, -0.25) is 29.4 Å². The zero-order valence-corrected chi connectivity index (χ0v) is 14.2. The number of unbranched alkanes of at least 4 members (excludes halogenated alkanes) is 2. The number of rotatable bonds is 4. The van der Waals surface area contributed by atoms with E-state index in [1.54, 1.807) is 18.2 Å². The maximum absolute atomic E-state index is 12.7. The third-order valence-corrected chi connectivity index (χ3v) is 4.43. The smallest absolute Gasteiger partial charge is 0.262 e. The number of benzene rings is 1. The molecule has 2 aliphatic rings. The summed E-state index contributed by atoms with van der Waals surface area (Å²) >= 11 is 0. The van der Waals surface area contributed by atoms with E-state index in [1.807, 2.05) is 0 Å². The van der Waals surface area contributed by atoms with Crippen molar-refractivity contribution in [1.29, 1.82) is 0 Å². The summed E-state index contributed by atoms with van der Waals surface area (Å²) in [4.78, 5) is 49.5. The van der Waals surface area contributed by atoms with Gasteiger partial charge in [-0.25, -0.2) is 0 Å². The molecule has 1 unspecified atom stereocenters. The summed E-state index contributed by atoms with van der Waals surface area (Å²) in [7, 11) is 0. The fourth-order valence-corrected chi connectivity index (χ4v) is 3.07. The fraction of sp³-hybridized carbons (Fsp3) is 0.368. The summed E-state index contributed by atoms with van der Waals surface area (Å²) in [5.41, 5.74) is 6.58. The minimum absolute atomic E-state index is 0.101. The van der Waals surface area contributed by atoms with Crippen molar-refractivity contribution in [2.24, 2.45) is 5.73 Å². The first-order chi connectivity index (χ1) is 12.5. The molecule has 0 aromatic heterocycles. The summed E-state index contributed by atoms with van der Waals surface area (Å²) in [5.74, 6) is 3.96. The average Bonchev–Trinajstić information content (AvgIpc) is 2.86. The molecule has 0 aliphatic carbocycles. The van der Waals surface area contributed by atoms with Gasteiger partial charge in [0.05, 0.1) is 11.1 Å². The van der Waals surface area contributed by atoms with Gasteiger partial charge in [0.15, 0.2) is 0 Å². The molecule has 2 heterocycles. The van der Waals surface area contributed by atoms with E-state index in [-0.39, 0.29) is 24.0 Å². The number of nitrogens with one attached hydrogen (secondary N) is 1. The molecule has 1 fully saturated rings. The van der Waals surface area contributed by atoms with Crippen LogP contribution in [0.2, 0.25) is 0 Å². The number of imide groups is 2. The molecule has 1 atom stereocenters. The Morgan fingerprint density at radius 2 is 1.88 bits per heavy atom. The first-order valence-corrected chi connectivity index (χ1v) is 8.57. The quantitative estimate of drug-likeness (QED) is 0.467. The van der Waals surface area contributed by atoms with E-state index >= 15 is 0 Å². The van der Waals surface area contributed by atoms with Gasteiger partial charge in [-0.1, -0.05) is 11.8 Å². The summed E-state index contributed by atoms with van der Waals surface area (Å²) in [6.45, 7) is 0.632. The number of hydrogen-bond acceptors (Lipinski definition) is 5. The molecule has 3 N–H and O–H groups in total. The highest BCUT2D eigenvalue weighted by atomic mass is 16.2. The number of hydrogen-bond donors (Lipinski definition) is 2. The van der Waals surface area contributed by atoms with Crippen LogP contribution >= 0.6 is 0 Å². The number of carbonyl (C=O) groups is 4. The molecule has 1 aromatic carbocycles. The molecule has 0 saturated carbocycles. The highest BCUT2D eigenvalue weighted by molar-refractivity contribution is 6.23. The summed E-state index contributed by atoms with van der Waals surface area (Å²) < 4.78 is 0. The molecule has 1 saturated heterocycles. The normalized spacial score (nSPS) is 19.1. The lowest BCUT2D eigenvalue weighted by Crippen LogP contribution is -2.54. The van der Waals surface area contributed by atoms with Crippen LogP contribution in [0.5, 0.6) is 0 Å². The van der Waals surface area contributed by atoms with E-state index < -0.39 is 29.7 Å². The first kappa shape index (κ1) is 17.8. The Labute approximate surface area is 150 Å². The molecule has 2 aliphatic heterocycles. The van der Waals surface area contributed by atoms with Crippen LogP contribution in [0.4, 0.5) is 0 Å². The minimum Gasteiger partial charge on any atom is -0.330 e. The molecular formula is C19H19N3O4. The van der Waals surface area contributed by atoms with Crippen LogP contribution in [0.25, 0.3) is 0 Å². The molecule has 4 amide bonds. The Bertz CT molecular complexity index is 850. The van der Waals surface area contributed by atoms with Crippen LogP contribution in [-0.2, 0) is 9.59 Å². The van der Waals surface area contributed by atoms with Crippen LogP contribution in [0, 0.1) is 11.8 Å². The van der Waals surface area contributed by atoms with Crippen molar-refractivity contribution in [1.82, 2.24) is 10.2 Å². The average molecular weight is 353 g/mol. The molecule has 0 radical (unpaired) electrons. The van der Waals surface area contributed by atoms with E-state index in [0.717, 1.165) is 17.7 Å². The van der Waals surface area contributed by atoms with Gasteiger partial charge in [0.1, 0.15) is 6.04 Å². The largest absolute Gasteiger partial charge is 0.330 e. The Hall–Kier alpha value is -2.98. The predicted octanol–water partition coefficient (Wildman–Crippen LogP) is 0.568. The van der Waals surface area contributed by atoms with Gasteiger partial charge in [0.2, 0.25) is 11.8 Å². The molecule has 134 valence electrons. The molecule has 1 aromatic rings. The number of amides is 4. The lowest BCUT2D eigenvalue weighted by atomic mass is 10.0. The Kier molecular flexibility index (Phi) is 5.14. The molecule has 7 nitrogen and oxygen atoms in total. The van der Waals surface area contributed by atoms with E-state index in [4.69, 9.17) is 5.73 Å². The monoisotopic (exact) mass is 353 g/mol. The van der Waals surface area contributed by atoms with Gasteiger partial charge in [0, 0.05) is 18.4 Å². The Morgan fingerprint density at radius 3 is 2.62 bits per heavy atom. The van der Waals surface area contributed by atoms with Crippen LogP contribution in [-0.4, -0.2) is 41.1 Å². The van der Waals surface area contributed by atoms with E-state index in [1.165, 1.54) is 0 Å². The van der Waals surface area contributed by atoms with Crippen molar-refractivity contribution < 1.29 is 19.2 Å². The molecular weight excluding hydrogens is 334 g/mol. The lowest BCUT2D eigenvalue weighted by molar-refractivity contribution is -0.136. The van der Waals surface area contributed by atoms with Crippen molar-refractivity contribution in [2.75, 3.05) is 6.54 Å². The molecule has 0 spiro atoms. The van der Waals surface area contributed by atoms with Gasteiger partial charge in [-0.2, -0.15) is 0 Å². The number of nitrogens with two attached hydrogens (primary N) is 1. The molecule has 3 rings (SSSR count). The summed E-state index contributed by atoms with van der Waals surface area (Å²) in [6.07, 6.45) is 2.78. The van der Waals surface area contributed by atoms with Gasteiger partial charge in [-0.15, -0.1) is 0 Å². The minimum atomic E-state index is -0.953.